The second-order valence-corrected chi connectivity index (χ2v) is 6.12. The first kappa shape index (κ1) is 13.1. The van der Waals surface area contributed by atoms with Gasteiger partial charge >= 0.3 is 0 Å². The molecule has 0 bridgehead atoms. The van der Waals surface area contributed by atoms with E-state index in [9.17, 15) is 10.1 Å². The van der Waals surface area contributed by atoms with Crippen molar-refractivity contribution in [2.75, 3.05) is 11.9 Å². The van der Waals surface area contributed by atoms with Crippen LogP contribution >= 0.6 is 22.6 Å². The first-order valence-corrected chi connectivity index (χ1v) is 7.23. The quantitative estimate of drug-likeness (QED) is 0.477. The van der Waals surface area contributed by atoms with Crippen molar-refractivity contribution < 1.29 is 9.66 Å². The average molecular weight is 375 g/mol. The first-order chi connectivity index (χ1) is 9.08. The van der Waals surface area contributed by atoms with Crippen LogP contribution in [0.3, 0.4) is 0 Å². The first-order valence-electron chi connectivity index (χ1n) is 6.15. The number of nitrogens with one attached hydrogen (secondary N) is 1. The number of benzene rings is 1. The van der Waals surface area contributed by atoms with Gasteiger partial charge in [-0.05, 0) is 41.1 Å². The monoisotopic (exact) mass is 375 g/mol. The molecule has 6 nitrogen and oxygen atoms in total. The Bertz CT molecular complexity index is 525. The molecule has 4 atom stereocenters. The minimum atomic E-state index is -0.378. The number of hydrogen-bond donors (Lipinski definition) is 2. The number of nitrogens with two attached hydrogens (primary N) is 1. The standard InChI is InChI=1S/C12H14IN3O3/c13-8-5-6(1-2-9(8)16(17)18)15-11-10(14)7-3-4-19-12(7)11/h1-2,5,7,10-12,15H,3-4,14H2. The number of ether oxygens (including phenoxy) is 1. The third-order valence-corrected chi connectivity index (χ3v) is 4.79. The molecule has 0 spiro atoms. The van der Waals surface area contributed by atoms with E-state index in [2.05, 4.69) is 5.32 Å². The topological polar surface area (TPSA) is 90.4 Å². The van der Waals surface area contributed by atoms with Crippen LogP contribution in [0.4, 0.5) is 11.4 Å². The van der Waals surface area contributed by atoms with Crippen LogP contribution in [0.1, 0.15) is 6.42 Å². The van der Waals surface area contributed by atoms with E-state index >= 15 is 0 Å². The Morgan fingerprint density at radius 3 is 3.00 bits per heavy atom. The van der Waals surface area contributed by atoms with Gasteiger partial charge in [0.1, 0.15) is 0 Å². The van der Waals surface area contributed by atoms with Gasteiger partial charge in [0.2, 0.25) is 0 Å². The molecule has 4 unspecified atom stereocenters. The smallest absolute Gasteiger partial charge is 0.282 e. The van der Waals surface area contributed by atoms with Gasteiger partial charge in [-0.1, -0.05) is 0 Å². The number of halogens is 1. The molecule has 1 saturated carbocycles. The normalized spacial score (nSPS) is 32.5. The van der Waals surface area contributed by atoms with Crippen molar-refractivity contribution in [1.82, 2.24) is 0 Å². The van der Waals surface area contributed by atoms with Crippen LogP contribution in [0.25, 0.3) is 0 Å². The van der Waals surface area contributed by atoms with Crippen molar-refractivity contribution >= 4 is 34.0 Å². The van der Waals surface area contributed by atoms with E-state index in [0.717, 1.165) is 18.7 Å². The molecule has 1 aliphatic carbocycles. The molecule has 102 valence electrons. The van der Waals surface area contributed by atoms with Gasteiger partial charge in [-0.2, -0.15) is 0 Å². The van der Waals surface area contributed by atoms with Gasteiger partial charge in [0.25, 0.3) is 5.69 Å². The fraction of sp³-hybridized carbons (Fsp3) is 0.500. The predicted molar refractivity (Wildman–Crippen MR) is 79.0 cm³/mol. The Morgan fingerprint density at radius 2 is 2.32 bits per heavy atom. The van der Waals surface area contributed by atoms with Crippen molar-refractivity contribution in [2.24, 2.45) is 11.7 Å². The number of nitro benzene ring substituents is 1. The predicted octanol–water partition coefficient (Wildman–Crippen LogP) is 1.73. The number of nitrogens with zero attached hydrogens (tertiary/aromatic N) is 1. The molecular weight excluding hydrogens is 361 g/mol. The van der Waals surface area contributed by atoms with Crippen molar-refractivity contribution in [2.45, 2.75) is 24.6 Å². The van der Waals surface area contributed by atoms with Crippen LogP contribution < -0.4 is 11.1 Å². The minimum absolute atomic E-state index is 0.0975. The molecule has 1 saturated heterocycles. The number of hydrogen-bond acceptors (Lipinski definition) is 5. The summed E-state index contributed by atoms with van der Waals surface area (Å²) in [7, 11) is 0. The molecule has 2 fully saturated rings. The summed E-state index contributed by atoms with van der Waals surface area (Å²) in [5.74, 6) is 0.453. The van der Waals surface area contributed by atoms with Gasteiger partial charge in [0.15, 0.2) is 0 Å². The molecule has 3 N–H and O–H groups in total. The van der Waals surface area contributed by atoms with Crippen molar-refractivity contribution in [3.8, 4) is 0 Å². The molecule has 2 aliphatic rings. The number of fused-ring (bicyclic) bond motifs is 1. The SMILES string of the molecule is NC1C2CCOC2C1Nc1ccc([N+](=O)[O-])c(I)c1. The molecule has 0 aromatic heterocycles. The fourth-order valence-corrected chi connectivity index (χ4v) is 3.58. The van der Waals surface area contributed by atoms with Crippen LogP contribution in [-0.2, 0) is 4.74 Å². The maximum absolute atomic E-state index is 10.8. The highest BCUT2D eigenvalue weighted by atomic mass is 127. The Balaban J connectivity index is 1.74. The van der Waals surface area contributed by atoms with Crippen molar-refractivity contribution in [1.29, 1.82) is 0 Å². The van der Waals surface area contributed by atoms with E-state index in [1.54, 1.807) is 12.1 Å². The third kappa shape index (κ3) is 2.19. The lowest BCUT2D eigenvalue weighted by Gasteiger charge is -2.46. The maximum atomic E-state index is 10.8. The molecule has 7 heteroatoms. The molecule has 3 rings (SSSR count). The summed E-state index contributed by atoms with van der Waals surface area (Å²) in [5, 5.41) is 14.1. The van der Waals surface area contributed by atoms with Crippen LogP contribution in [0.5, 0.6) is 0 Å². The van der Waals surface area contributed by atoms with Crippen LogP contribution in [0.15, 0.2) is 18.2 Å². The molecule has 1 aromatic carbocycles. The zero-order chi connectivity index (χ0) is 13.6. The average Bonchev–Trinajstić information content (AvgIpc) is 2.80. The highest BCUT2D eigenvalue weighted by molar-refractivity contribution is 14.1. The van der Waals surface area contributed by atoms with Gasteiger partial charge in [0, 0.05) is 30.3 Å². The zero-order valence-electron chi connectivity index (χ0n) is 10.1. The highest BCUT2D eigenvalue weighted by Gasteiger charge is 2.52. The second-order valence-electron chi connectivity index (χ2n) is 4.96. The zero-order valence-corrected chi connectivity index (χ0v) is 12.2. The van der Waals surface area contributed by atoms with Gasteiger partial charge < -0.3 is 15.8 Å². The van der Waals surface area contributed by atoms with E-state index in [-0.39, 0.29) is 28.8 Å². The largest absolute Gasteiger partial charge is 0.378 e. The molecule has 0 amide bonds. The molecule has 1 heterocycles. The van der Waals surface area contributed by atoms with Crippen LogP contribution in [0.2, 0.25) is 0 Å². The summed E-state index contributed by atoms with van der Waals surface area (Å²) in [6.07, 6.45) is 1.21. The Hall–Kier alpha value is -0.930. The lowest BCUT2D eigenvalue weighted by atomic mass is 9.72. The van der Waals surface area contributed by atoms with Gasteiger partial charge in [-0.3, -0.25) is 10.1 Å². The fourth-order valence-electron chi connectivity index (χ4n) is 2.86. The third-order valence-electron chi connectivity index (χ3n) is 3.92. The Morgan fingerprint density at radius 1 is 1.53 bits per heavy atom. The minimum Gasteiger partial charge on any atom is -0.378 e. The molecule has 0 radical (unpaired) electrons. The van der Waals surface area contributed by atoms with E-state index < -0.39 is 0 Å². The van der Waals surface area contributed by atoms with Crippen molar-refractivity contribution in [3.05, 3.63) is 31.9 Å². The number of rotatable bonds is 3. The van der Waals surface area contributed by atoms with Gasteiger partial charge in [0.05, 0.1) is 20.6 Å². The van der Waals surface area contributed by atoms with E-state index in [0.29, 0.717) is 9.49 Å². The molecule has 1 aromatic rings. The summed E-state index contributed by atoms with van der Waals surface area (Å²) in [6, 6.07) is 5.20. The molecular formula is C12H14IN3O3. The van der Waals surface area contributed by atoms with Crippen LogP contribution in [0, 0.1) is 19.6 Å². The molecule has 19 heavy (non-hydrogen) atoms. The van der Waals surface area contributed by atoms with Gasteiger partial charge in [-0.25, -0.2) is 0 Å². The van der Waals surface area contributed by atoms with E-state index in [1.807, 2.05) is 22.6 Å². The number of anilines is 1. The summed E-state index contributed by atoms with van der Waals surface area (Å²) < 4.78 is 6.26. The lowest BCUT2D eigenvalue weighted by Crippen LogP contribution is -2.65. The summed E-state index contributed by atoms with van der Waals surface area (Å²) in [6.45, 7) is 0.777. The van der Waals surface area contributed by atoms with Crippen molar-refractivity contribution in [3.63, 3.8) is 0 Å². The summed E-state index contributed by atoms with van der Waals surface area (Å²) in [5.41, 5.74) is 7.09. The Labute approximate surface area is 124 Å². The highest BCUT2D eigenvalue weighted by Crippen LogP contribution is 2.39. The maximum Gasteiger partial charge on any atom is 0.282 e. The Kier molecular flexibility index (Phi) is 3.35. The van der Waals surface area contributed by atoms with E-state index in [1.165, 1.54) is 6.07 Å². The molecule has 1 aliphatic heterocycles. The summed E-state index contributed by atoms with van der Waals surface area (Å²) in [4.78, 5) is 10.4. The van der Waals surface area contributed by atoms with E-state index in [4.69, 9.17) is 10.5 Å². The van der Waals surface area contributed by atoms with Gasteiger partial charge in [-0.15, -0.1) is 0 Å². The number of nitro groups is 1. The summed E-state index contributed by atoms with van der Waals surface area (Å²) >= 11 is 1.97. The second kappa shape index (κ2) is 4.88. The van der Waals surface area contributed by atoms with Crippen LogP contribution in [-0.4, -0.2) is 29.7 Å². The lowest BCUT2D eigenvalue weighted by molar-refractivity contribution is -0.385.